The van der Waals surface area contributed by atoms with E-state index >= 15 is 0 Å². The number of hydrogen-bond acceptors (Lipinski definition) is 5. The minimum absolute atomic E-state index is 0.101. The highest BCUT2D eigenvalue weighted by atomic mass is 19.1. The molecule has 1 fully saturated rings. The number of hydrogen-bond donors (Lipinski definition) is 3. The Hall–Kier alpha value is -3.72. The maximum Gasteiger partial charge on any atom is 0.226 e. The summed E-state index contributed by atoms with van der Waals surface area (Å²) >= 11 is 0. The minimum atomic E-state index is -0.638. The van der Waals surface area contributed by atoms with E-state index in [1.54, 1.807) is 0 Å². The molecule has 0 bridgehead atoms. The summed E-state index contributed by atoms with van der Waals surface area (Å²) in [6.45, 7) is 4.98. The Labute approximate surface area is 208 Å². The number of carbonyl (C=O) groups excluding carboxylic acids is 1. The molecule has 0 saturated carbocycles. The number of benzene rings is 2. The van der Waals surface area contributed by atoms with E-state index in [1.807, 2.05) is 30.0 Å². The van der Waals surface area contributed by atoms with Crippen molar-refractivity contribution in [3.05, 3.63) is 53.1 Å². The quantitative estimate of drug-likeness (QED) is 0.400. The van der Waals surface area contributed by atoms with E-state index in [-0.39, 0.29) is 17.6 Å². The van der Waals surface area contributed by atoms with Crippen LogP contribution < -0.4 is 0 Å². The summed E-state index contributed by atoms with van der Waals surface area (Å²) in [4.78, 5) is 25.4. The fraction of sp³-hybridized carbons (Fsp3) is 0.370. The molecule has 2 aliphatic heterocycles. The molecule has 2 aromatic heterocycles. The maximum absolute atomic E-state index is 14.1. The summed E-state index contributed by atoms with van der Waals surface area (Å²) in [5.41, 5.74) is 5.85. The molecule has 2 aliphatic rings. The third kappa shape index (κ3) is 3.83. The Balaban J connectivity index is 1.24. The van der Waals surface area contributed by atoms with Crippen LogP contribution in [0.25, 0.3) is 33.5 Å². The molecule has 0 unspecified atom stereocenters. The van der Waals surface area contributed by atoms with Gasteiger partial charge in [-0.15, -0.1) is 0 Å². The van der Waals surface area contributed by atoms with Gasteiger partial charge >= 0.3 is 0 Å². The van der Waals surface area contributed by atoms with Gasteiger partial charge in [-0.1, -0.05) is 13.0 Å². The van der Waals surface area contributed by atoms with Gasteiger partial charge in [0.15, 0.2) is 17.4 Å². The van der Waals surface area contributed by atoms with Crippen LogP contribution in [0.2, 0.25) is 0 Å². The average molecular weight is 489 g/mol. The number of nitrogens with zero attached hydrogens (tertiary/aromatic N) is 4. The van der Waals surface area contributed by atoms with Crippen LogP contribution in [0.1, 0.15) is 36.7 Å². The predicted molar refractivity (Wildman–Crippen MR) is 135 cm³/mol. The van der Waals surface area contributed by atoms with Crippen molar-refractivity contribution in [2.24, 2.45) is 5.92 Å². The van der Waals surface area contributed by atoms with Gasteiger partial charge in [0.05, 0.1) is 30.0 Å². The Morgan fingerprint density at radius 2 is 2.00 bits per heavy atom. The number of carbonyl (C=O) groups is 1. The van der Waals surface area contributed by atoms with E-state index in [0.29, 0.717) is 31.0 Å². The maximum atomic E-state index is 14.1. The number of halogens is 1. The Bertz CT molecular complexity index is 1440. The van der Waals surface area contributed by atoms with Crippen LogP contribution in [0, 0.1) is 11.7 Å². The van der Waals surface area contributed by atoms with Crippen molar-refractivity contribution >= 4 is 16.8 Å². The monoisotopic (exact) mass is 488 g/mol. The molecular weight excluding hydrogens is 459 g/mol. The number of likely N-dealkylation sites (tertiary alicyclic amines) is 1. The number of aromatic hydroxyl groups is 1. The van der Waals surface area contributed by atoms with Gasteiger partial charge in [-0.25, -0.2) is 9.37 Å². The number of rotatable bonds is 4. The molecule has 0 aliphatic carbocycles. The number of amides is 1. The normalized spacial score (nSPS) is 16.7. The number of H-pyrrole nitrogens is 2. The molecule has 186 valence electrons. The van der Waals surface area contributed by atoms with Crippen molar-refractivity contribution in [2.45, 2.75) is 39.3 Å². The van der Waals surface area contributed by atoms with Gasteiger partial charge in [0.2, 0.25) is 5.91 Å². The Kier molecular flexibility index (Phi) is 5.52. The van der Waals surface area contributed by atoms with E-state index < -0.39 is 5.82 Å². The van der Waals surface area contributed by atoms with Gasteiger partial charge in [-0.05, 0) is 80.4 Å². The molecule has 1 saturated heterocycles. The molecule has 3 N–H and O–H groups in total. The fourth-order valence-electron chi connectivity index (χ4n) is 5.45. The van der Waals surface area contributed by atoms with Gasteiger partial charge in [0, 0.05) is 11.3 Å². The summed E-state index contributed by atoms with van der Waals surface area (Å²) in [5.74, 6) is 0.0321. The first-order valence-electron chi connectivity index (χ1n) is 12.5. The third-order valence-electron chi connectivity index (χ3n) is 7.59. The van der Waals surface area contributed by atoms with Gasteiger partial charge in [-0.2, -0.15) is 5.10 Å². The number of phenolic OH excluding ortho intramolecular Hbond substituents is 1. The highest BCUT2D eigenvalue weighted by Crippen LogP contribution is 2.34. The summed E-state index contributed by atoms with van der Waals surface area (Å²) in [5, 5.41) is 18.2. The zero-order valence-corrected chi connectivity index (χ0v) is 20.4. The van der Waals surface area contributed by atoms with Crippen LogP contribution in [-0.2, 0) is 24.3 Å². The summed E-state index contributed by atoms with van der Waals surface area (Å²) in [6.07, 6.45) is 2.50. The lowest BCUT2D eigenvalue weighted by atomic mass is 9.96. The standard InChI is InChI=1S/C27H29FN6O2/c1-3-15-11-24(35)20(28)12-19(15)17-4-5-18-21(10-17)31-32-25(18)26-29-22-13-34(14-23(22)30-26)27(36)16-6-8-33(2)9-7-16/h4-5,10-12,16,35H,3,6-9,13-14H2,1-2H3,(H,29,30)(H,31,32). The van der Waals surface area contributed by atoms with Crippen molar-refractivity contribution in [2.75, 3.05) is 20.1 Å². The van der Waals surface area contributed by atoms with Crippen LogP contribution >= 0.6 is 0 Å². The second-order valence-electron chi connectivity index (χ2n) is 9.93. The zero-order valence-electron chi connectivity index (χ0n) is 20.4. The van der Waals surface area contributed by atoms with Crippen molar-refractivity contribution in [1.29, 1.82) is 0 Å². The Morgan fingerprint density at radius 1 is 1.19 bits per heavy atom. The van der Waals surface area contributed by atoms with E-state index in [4.69, 9.17) is 4.98 Å². The van der Waals surface area contributed by atoms with Gasteiger partial charge in [0.25, 0.3) is 0 Å². The molecule has 4 heterocycles. The number of imidazole rings is 1. The summed E-state index contributed by atoms with van der Waals surface area (Å²) in [6, 6.07) is 8.69. The second kappa shape index (κ2) is 8.74. The van der Waals surface area contributed by atoms with Gasteiger partial charge in [-0.3, -0.25) is 9.89 Å². The molecular formula is C27H29FN6O2. The number of aromatic nitrogens is 4. The lowest BCUT2D eigenvalue weighted by molar-refractivity contribution is -0.137. The molecule has 0 radical (unpaired) electrons. The molecule has 9 heteroatoms. The molecule has 0 atom stereocenters. The smallest absolute Gasteiger partial charge is 0.226 e. The van der Waals surface area contributed by atoms with Crippen molar-refractivity contribution in [3.8, 4) is 28.4 Å². The first-order valence-corrected chi connectivity index (χ1v) is 12.5. The van der Waals surface area contributed by atoms with Crippen molar-refractivity contribution in [3.63, 3.8) is 0 Å². The molecule has 0 spiro atoms. The lowest BCUT2D eigenvalue weighted by Gasteiger charge is -2.30. The molecule has 36 heavy (non-hydrogen) atoms. The van der Waals surface area contributed by atoms with Crippen molar-refractivity contribution in [1.82, 2.24) is 30.0 Å². The van der Waals surface area contributed by atoms with Crippen LogP contribution in [0.5, 0.6) is 5.75 Å². The number of aromatic amines is 2. The Morgan fingerprint density at radius 3 is 2.75 bits per heavy atom. The first kappa shape index (κ1) is 22.7. The molecule has 4 aromatic rings. The lowest BCUT2D eigenvalue weighted by Crippen LogP contribution is -2.39. The number of fused-ring (bicyclic) bond motifs is 2. The fourth-order valence-corrected chi connectivity index (χ4v) is 5.45. The third-order valence-corrected chi connectivity index (χ3v) is 7.59. The highest BCUT2D eigenvalue weighted by Gasteiger charge is 2.33. The summed E-state index contributed by atoms with van der Waals surface area (Å²) < 4.78 is 14.1. The van der Waals surface area contributed by atoms with Crippen LogP contribution in [-0.4, -0.2) is 61.1 Å². The molecule has 1 amide bonds. The van der Waals surface area contributed by atoms with Crippen LogP contribution in [0.15, 0.2) is 30.3 Å². The molecule has 8 nitrogen and oxygen atoms in total. The number of phenols is 1. The number of nitrogens with one attached hydrogen (secondary N) is 2. The largest absolute Gasteiger partial charge is 0.505 e. The van der Waals surface area contributed by atoms with Crippen LogP contribution in [0.3, 0.4) is 0 Å². The van der Waals surface area contributed by atoms with Crippen LogP contribution in [0.4, 0.5) is 4.39 Å². The van der Waals surface area contributed by atoms with E-state index in [2.05, 4.69) is 27.1 Å². The highest BCUT2D eigenvalue weighted by molar-refractivity contribution is 5.94. The van der Waals surface area contributed by atoms with E-state index in [1.165, 1.54) is 12.1 Å². The SMILES string of the molecule is CCc1cc(O)c(F)cc1-c1ccc2c(-c3nc4c([nH]3)CN(C(=O)C3CCN(C)CC3)C4)n[nH]c2c1. The molecule has 2 aromatic carbocycles. The summed E-state index contributed by atoms with van der Waals surface area (Å²) in [7, 11) is 2.10. The van der Waals surface area contributed by atoms with Gasteiger partial charge in [0.1, 0.15) is 5.69 Å². The first-order chi connectivity index (χ1) is 17.4. The average Bonchev–Trinajstić information content (AvgIpc) is 3.58. The number of piperidine rings is 1. The zero-order chi connectivity index (χ0) is 25.0. The topological polar surface area (TPSA) is 101 Å². The molecule has 6 rings (SSSR count). The van der Waals surface area contributed by atoms with E-state index in [0.717, 1.165) is 64.9 Å². The predicted octanol–water partition coefficient (Wildman–Crippen LogP) is 4.21. The van der Waals surface area contributed by atoms with E-state index in [9.17, 15) is 14.3 Å². The van der Waals surface area contributed by atoms with Crippen molar-refractivity contribution < 1.29 is 14.3 Å². The number of aryl methyl sites for hydroxylation is 1. The minimum Gasteiger partial charge on any atom is -0.505 e. The second-order valence-corrected chi connectivity index (χ2v) is 9.93. The van der Waals surface area contributed by atoms with Gasteiger partial charge < -0.3 is 19.9 Å².